The summed E-state index contributed by atoms with van der Waals surface area (Å²) in [5.74, 6) is -1.41. The van der Waals surface area contributed by atoms with Gasteiger partial charge in [0.25, 0.3) is 0 Å². The zero-order valence-electron chi connectivity index (χ0n) is 16.0. The number of para-hydroxylation sites is 1. The summed E-state index contributed by atoms with van der Waals surface area (Å²) in [5, 5.41) is 10.7. The fourth-order valence-corrected chi connectivity index (χ4v) is 3.61. The molecule has 1 aromatic carbocycles. The van der Waals surface area contributed by atoms with Crippen molar-refractivity contribution in [3.05, 3.63) is 47.3 Å². The number of aliphatic hydroxyl groups is 1. The number of ether oxygens (including phenoxy) is 1. The Balaban J connectivity index is 1.94. The molecule has 0 saturated carbocycles. The van der Waals surface area contributed by atoms with Crippen LogP contribution in [0.4, 0.5) is 0 Å². The summed E-state index contributed by atoms with van der Waals surface area (Å²) in [4.78, 5) is 40.8. The van der Waals surface area contributed by atoms with Gasteiger partial charge in [0.15, 0.2) is 5.78 Å². The van der Waals surface area contributed by atoms with Crippen LogP contribution >= 0.6 is 0 Å². The van der Waals surface area contributed by atoms with Gasteiger partial charge in [0.05, 0.1) is 13.7 Å². The number of hydrogen-bond acceptors (Lipinski definition) is 5. The van der Waals surface area contributed by atoms with E-state index in [1.54, 1.807) is 11.1 Å². The molecule has 0 saturated heterocycles. The van der Waals surface area contributed by atoms with E-state index >= 15 is 0 Å². The lowest BCUT2D eigenvalue weighted by Gasteiger charge is -2.24. The molecule has 1 amide bonds. The van der Waals surface area contributed by atoms with Crippen LogP contribution in [0.25, 0.3) is 10.9 Å². The zero-order chi connectivity index (χ0) is 20.3. The summed E-state index contributed by atoms with van der Waals surface area (Å²) in [7, 11) is 1.29. The van der Waals surface area contributed by atoms with Crippen molar-refractivity contribution in [3.8, 4) is 0 Å². The summed E-state index contributed by atoms with van der Waals surface area (Å²) >= 11 is 0. The molecule has 1 aliphatic heterocycles. The Kier molecular flexibility index (Phi) is 5.94. The highest BCUT2D eigenvalue weighted by Gasteiger charge is 2.27. The minimum atomic E-state index is -0.826. The average Bonchev–Trinajstić information content (AvgIpc) is 3.05. The second-order valence-electron chi connectivity index (χ2n) is 6.87. The number of amides is 1. The number of Topliss-reactive ketones (excluding diaryl/α,β-unsaturated/α-hetero) is 1. The molecular weight excluding hydrogens is 360 g/mol. The zero-order valence-corrected chi connectivity index (χ0v) is 16.0. The van der Waals surface area contributed by atoms with Gasteiger partial charge in [-0.1, -0.05) is 18.2 Å². The van der Waals surface area contributed by atoms with Crippen molar-refractivity contribution < 1.29 is 24.2 Å². The van der Waals surface area contributed by atoms with Crippen LogP contribution in [0.2, 0.25) is 0 Å². The Morgan fingerprint density at radius 2 is 2.04 bits per heavy atom. The van der Waals surface area contributed by atoms with Crippen LogP contribution in [0.1, 0.15) is 36.9 Å². The van der Waals surface area contributed by atoms with Crippen molar-refractivity contribution in [2.24, 2.45) is 0 Å². The van der Waals surface area contributed by atoms with Crippen LogP contribution in [0.15, 0.2) is 36.0 Å². The van der Waals surface area contributed by atoms with E-state index in [4.69, 9.17) is 4.74 Å². The van der Waals surface area contributed by atoms with Gasteiger partial charge in [0, 0.05) is 41.3 Å². The maximum absolute atomic E-state index is 12.3. The van der Waals surface area contributed by atoms with Gasteiger partial charge in [0.2, 0.25) is 5.91 Å². The van der Waals surface area contributed by atoms with E-state index in [9.17, 15) is 19.5 Å². The molecule has 2 heterocycles. The van der Waals surface area contributed by atoms with Crippen molar-refractivity contribution >= 4 is 28.6 Å². The highest BCUT2D eigenvalue weighted by atomic mass is 16.5. The van der Waals surface area contributed by atoms with Crippen molar-refractivity contribution in [2.75, 3.05) is 20.3 Å². The maximum atomic E-state index is 12.3. The second kappa shape index (κ2) is 8.39. The summed E-state index contributed by atoms with van der Waals surface area (Å²) in [6, 6.07) is 7.61. The van der Waals surface area contributed by atoms with Crippen LogP contribution in [-0.2, 0) is 25.5 Å². The van der Waals surface area contributed by atoms with E-state index in [0.29, 0.717) is 37.1 Å². The first-order chi connectivity index (χ1) is 13.5. The number of nitrogens with zero attached hydrogens (tertiary/aromatic N) is 1. The molecule has 7 heteroatoms. The number of aliphatic hydroxyl groups excluding tert-OH is 1. The minimum Gasteiger partial charge on any atom is -0.468 e. The quantitative estimate of drug-likeness (QED) is 0.712. The van der Waals surface area contributed by atoms with Gasteiger partial charge < -0.3 is 19.7 Å². The Morgan fingerprint density at radius 3 is 2.71 bits per heavy atom. The van der Waals surface area contributed by atoms with Gasteiger partial charge in [-0.2, -0.15) is 0 Å². The van der Waals surface area contributed by atoms with Crippen LogP contribution in [0.5, 0.6) is 0 Å². The fourth-order valence-electron chi connectivity index (χ4n) is 3.61. The van der Waals surface area contributed by atoms with Gasteiger partial charge in [-0.3, -0.25) is 14.4 Å². The van der Waals surface area contributed by atoms with E-state index in [2.05, 4.69) is 4.98 Å². The molecular formula is C21H24N2O5. The number of rotatable bonds is 7. The number of carbonyl (C=O) groups excluding carboxylic acids is 3. The predicted octanol–water partition coefficient (Wildman–Crippen LogP) is 2.05. The molecule has 0 aliphatic carbocycles. The molecule has 1 unspecified atom stereocenters. The largest absolute Gasteiger partial charge is 0.468 e. The molecule has 1 aliphatic rings. The molecule has 0 fully saturated rings. The number of allylic oxidation sites excluding steroid dienone is 1. The highest BCUT2D eigenvalue weighted by molar-refractivity contribution is 5.96. The van der Waals surface area contributed by atoms with Crippen molar-refractivity contribution in [3.63, 3.8) is 0 Å². The molecule has 28 heavy (non-hydrogen) atoms. The van der Waals surface area contributed by atoms with Crippen LogP contribution in [-0.4, -0.2) is 52.9 Å². The second-order valence-corrected chi connectivity index (χ2v) is 6.87. The lowest BCUT2D eigenvalue weighted by molar-refractivity contribution is -0.143. The van der Waals surface area contributed by atoms with E-state index in [1.165, 1.54) is 14.0 Å². The lowest BCUT2D eigenvalue weighted by Crippen LogP contribution is -2.32. The molecule has 0 spiro atoms. The number of methoxy groups -OCH3 is 1. The third-order valence-electron chi connectivity index (χ3n) is 5.16. The number of aromatic nitrogens is 1. The molecule has 2 N–H and O–H groups in total. The first-order valence-electron chi connectivity index (χ1n) is 9.25. The normalized spacial score (nSPS) is 15.5. The average molecular weight is 384 g/mol. The third-order valence-corrected chi connectivity index (χ3v) is 5.16. The van der Waals surface area contributed by atoms with E-state index < -0.39 is 11.9 Å². The monoisotopic (exact) mass is 384 g/mol. The van der Waals surface area contributed by atoms with Gasteiger partial charge in [-0.15, -0.1) is 0 Å². The molecule has 7 nitrogen and oxygen atoms in total. The number of esters is 1. The number of benzene rings is 1. The maximum Gasteiger partial charge on any atom is 0.317 e. The summed E-state index contributed by atoms with van der Waals surface area (Å²) in [6.07, 6.45) is 2.89. The number of nitrogens with one attached hydrogen (secondary N) is 1. The summed E-state index contributed by atoms with van der Waals surface area (Å²) in [5.41, 5.74) is 2.94. The van der Waals surface area contributed by atoms with Crippen LogP contribution < -0.4 is 0 Å². The molecule has 0 bridgehead atoms. The topological polar surface area (TPSA) is 99.7 Å². The lowest BCUT2D eigenvalue weighted by atomic mass is 9.98. The Morgan fingerprint density at radius 1 is 1.29 bits per heavy atom. The van der Waals surface area contributed by atoms with Crippen LogP contribution in [0, 0.1) is 0 Å². The predicted molar refractivity (Wildman–Crippen MR) is 104 cm³/mol. The van der Waals surface area contributed by atoms with Gasteiger partial charge in [0.1, 0.15) is 5.92 Å². The van der Waals surface area contributed by atoms with Crippen molar-refractivity contribution in [2.45, 2.75) is 32.1 Å². The van der Waals surface area contributed by atoms with E-state index in [-0.39, 0.29) is 18.3 Å². The van der Waals surface area contributed by atoms with Gasteiger partial charge in [-0.25, -0.2) is 0 Å². The van der Waals surface area contributed by atoms with Gasteiger partial charge >= 0.3 is 5.97 Å². The number of aromatic amines is 1. The van der Waals surface area contributed by atoms with Crippen molar-refractivity contribution in [1.82, 2.24) is 9.88 Å². The smallest absolute Gasteiger partial charge is 0.317 e. The van der Waals surface area contributed by atoms with E-state index in [1.807, 2.05) is 24.3 Å². The summed E-state index contributed by atoms with van der Waals surface area (Å²) in [6.45, 7) is 1.49. The molecule has 148 valence electrons. The van der Waals surface area contributed by atoms with Crippen molar-refractivity contribution in [1.29, 1.82) is 0 Å². The van der Waals surface area contributed by atoms with Crippen LogP contribution in [0.3, 0.4) is 0 Å². The highest BCUT2D eigenvalue weighted by Crippen LogP contribution is 2.29. The SMILES string of the molecule is COC(=O)C(CO)c1[nH]c2ccccc2c1CCN1C=C(C(C)=O)CCC1=O. The first kappa shape index (κ1) is 19.8. The Bertz CT molecular complexity index is 943. The number of ketones is 1. The molecule has 2 aromatic rings. The number of H-pyrrole nitrogens is 1. The molecule has 0 radical (unpaired) electrons. The Hall–Kier alpha value is -2.93. The summed E-state index contributed by atoms with van der Waals surface area (Å²) < 4.78 is 4.83. The molecule has 1 atom stereocenters. The molecule has 1 aromatic heterocycles. The number of hydrogen-bond donors (Lipinski definition) is 2. The molecule has 3 rings (SSSR count). The number of fused-ring (bicyclic) bond motifs is 1. The first-order valence-corrected chi connectivity index (χ1v) is 9.25. The number of carbonyl (C=O) groups is 3. The Labute approximate surface area is 163 Å². The van der Waals surface area contributed by atoms with Gasteiger partial charge in [-0.05, 0) is 31.4 Å². The third kappa shape index (κ3) is 3.84. The standard InChI is InChI=1S/C21H24N2O5/c1-13(25)14-7-8-19(26)23(11-14)10-9-16-15-5-3-4-6-18(15)22-20(16)17(12-24)21(27)28-2/h3-6,11,17,22,24H,7-10,12H2,1-2H3. The van der Waals surface area contributed by atoms with E-state index in [0.717, 1.165) is 16.5 Å². The minimum absolute atomic E-state index is 0.0296. The fraction of sp³-hybridized carbons (Fsp3) is 0.381.